The summed E-state index contributed by atoms with van der Waals surface area (Å²) >= 11 is 0. The van der Waals surface area contributed by atoms with Crippen LogP contribution in [-0.4, -0.2) is 47.5 Å². The summed E-state index contributed by atoms with van der Waals surface area (Å²) in [6, 6.07) is 4.82. The highest BCUT2D eigenvalue weighted by Gasteiger charge is 2.44. The first-order valence-corrected chi connectivity index (χ1v) is 9.09. The molecular weight excluding hydrogens is 320 g/mol. The lowest BCUT2D eigenvalue weighted by Gasteiger charge is -2.27. The maximum atomic E-state index is 12.5. The molecular formula is C15H20N2O5S. The van der Waals surface area contributed by atoms with Gasteiger partial charge >= 0.3 is 5.97 Å². The van der Waals surface area contributed by atoms with Crippen LogP contribution in [0.15, 0.2) is 24.3 Å². The standard InChI is InChI=1S/C15H20N2O5S/c18-13-5-2-10(3-6-13)8-14(15(19)20)16-23(21,22)17-9-11-1-4-12(17)7-11/h2-3,5-6,11-12,14,16,18H,1,4,7-9H2,(H,19,20)/t11?,12?,14-/m1/s1. The van der Waals surface area contributed by atoms with Gasteiger partial charge in [-0.05, 0) is 49.3 Å². The van der Waals surface area contributed by atoms with E-state index in [0.717, 1.165) is 19.3 Å². The number of nitrogens with one attached hydrogen (secondary N) is 1. The Hall–Kier alpha value is -1.64. The van der Waals surface area contributed by atoms with Crippen molar-refractivity contribution < 1.29 is 23.4 Å². The van der Waals surface area contributed by atoms with Crippen LogP contribution in [0, 0.1) is 5.92 Å². The summed E-state index contributed by atoms with van der Waals surface area (Å²) in [4.78, 5) is 11.4. The molecule has 1 aliphatic heterocycles. The van der Waals surface area contributed by atoms with Gasteiger partial charge in [0.25, 0.3) is 10.2 Å². The van der Waals surface area contributed by atoms with Crippen molar-refractivity contribution in [3.05, 3.63) is 29.8 Å². The molecule has 0 amide bonds. The zero-order chi connectivity index (χ0) is 16.6. The maximum Gasteiger partial charge on any atom is 0.322 e. The zero-order valence-corrected chi connectivity index (χ0v) is 13.4. The van der Waals surface area contributed by atoms with Gasteiger partial charge < -0.3 is 10.2 Å². The van der Waals surface area contributed by atoms with E-state index in [1.165, 1.54) is 16.4 Å². The molecule has 7 nitrogen and oxygen atoms in total. The Kier molecular flexibility index (Phi) is 4.31. The number of rotatable bonds is 6. The van der Waals surface area contributed by atoms with E-state index in [1.54, 1.807) is 12.1 Å². The van der Waals surface area contributed by atoms with Crippen LogP contribution in [0.4, 0.5) is 0 Å². The molecule has 1 saturated carbocycles. The fourth-order valence-corrected chi connectivity index (χ4v) is 5.14. The molecule has 2 fully saturated rings. The van der Waals surface area contributed by atoms with Gasteiger partial charge in [0.15, 0.2) is 0 Å². The molecule has 1 aromatic rings. The highest BCUT2D eigenvalue weighted by Crippen LogP contribution is 2.38. The van der Waals surface area contributed by atoms with E-state index in [4.69, 9.17) is 0 Å². The molecule has 0 aromatic heterocycles. The second-order valence-electron chi connectivity index (χ2n) is 6.29. The number of fused-ring (bicyclic) bond motifs is 2. The molecule has 2 aliphatic rings. The summed E-state index contributed by atoms with van der Waals surface area (Å²) in [6.07, 6.45) is 2.79. The van der Waals surface area contributed by atoms with Gasteiger partial charge in [0, 0.05) is 12.6 Å². The van der Waals surface area contributed by atoms with Gasteiger partial charge in [-0.25, -0.2) is 0 Å². The van der Waals surface area contributed by atoms with Crippen LogP contribution in [0.3, 0.4) is 0 Å². The van der Waals surface area contributed by atoms with E-state index in [2.05, 4.69) is 4.72 Å². The number of aliphatic carboxylic acids is 1. The molecule has 3 rings (SSSR count). The molecule has 0 radical (unpaired) electrons. The summed E-state index contributed by atoms with van der Waals surface area (Å²) in [5.41, 5.74) is 0.640. The van der Waals surface area contributed by atoms with E-state index < -0.39 is 22.2 Å². The lowest BCUT2D eigenvalue weighted by Crippen LogP contribution is -2.51. The molecule has 3 N–H and O–H groups in total. The van der Waals surface area contributed by atoms with Crippen LogP contribution in [0.2, 0.25) is 0 Å². The number of benzene rings is 1. The molecule has 2 unspecified atom stereocenters. The molecule has 2 bridgehead atoms. The van der Waals surface area contributed by atoms with Gasteiger partial charge in [-0.15, -0.1) is 0 Å². The lowest BCUT2D eigenvalue weighted by atomic mass is 10.1. The number of carbonyl (C=O) groups is 1. The molecule has 1 saturated heterocycles. The van der Waals surface area contributed by atoms with Crippen molar-refractivity contribution in [2.24, 2.45) is 5.92 Å². The number of carboxylic acid groups (broad SMARTS) is 1. The van der Waals surface area contributed by atoms with Gasteiger partial charge in [-0.2, -0.15) is 17.4 Å². The third-order valence-corrected chi connectivity index (χ3v) is 6.28. The minimum atomic E-state index is -3.81. The number of phenolic OH excluding ortho intramolecular Hbond substituents is 1. The number of hydrogen-bond acceptors (Lipinski definition) is 4. The molecule has 126 valence electrons. The number of nitrogens with zero attached hydrogens (tertiary/aromatic N) is 1. The fraction of sp³-hybridized carbons (Fsp3) is 0.533. The number of carboxylic acids is 1. The first kappa shape index (κ1) is 16.2. The van der Waals surface area contributed by atoms with Crippen LogP contribution in [0.25, 0.3) is 0 Å². The Balaban J connectivity index is 1.71. The first-order valence-electron chi connectivity index (χ1n) is 7.65. The summed E-state index contributed by atoms with van der Waals surface area (Å²) < 4.78 is 28.7. The maximum absolute atomic E-state index is 12.5. The topological polar surface area (TPSA) is 107 Å². The second kappa shape index (κ2) is 6.10. The largest absolute Gasteiger partial charge is 0.508 e. The van der Waals surface area contributed by atoms with Crippen LogP contribution >= 0.6 is 0 Å². The molecule has 23 heavy (non-hydrogen) atoms. The third kappa shape index (κ3) is 3.49. The molecule has 1 aliphatic carbocycles. The average Bonchev–Trinajstić information content (AvgIpc) is 3.11. The fourth-order valence-electron chi connectivity index (χ4n) is 3.47. The molecule has 1 heterocycles. The van der Waals surface area contributed by atoms with Crippen molar-refractivity contribution in [1.29, 1.82) is 0 Å². The summed E-state index contributed by atoms with van der Waals surface area (Å²) in [7, 11) is -3.81. The van der Waals surface area contributed by atoms with Crippen molar-refractivity contribution in [3.63, 3.8) is 0 Å². The van der Waals surface area contributed by atoms with Gasteiger partial charge in [0.1, 0.15) is 11.8 Å². The molecule has 3 atom stereocenters. The van der Waals surface area contributed by atoms with Crippen LogP contribution < -0.4 is 4.72 Å². The predicted octanol–water partition coefficient (Wildman–Crippen LogP) is 0.707. The average molecular weight is 340 g/mol. The highest BCUT2D eigenvalue weighted by molar-refractivity contribution is 7.87. The van der Waals surface area contributed by atoms with Crippen LogP contribution in [0.5, 0.6) is 5.75 Å². The Labute approximate surface area is 135 Å². The van der Waals surface area contributed by atoms with Gasteiger partial charge in [-0.1, -0.05) is 12.1 Å². The van der Waals surface area contributed by atoms with Crippen molar-refractivity contribution in [2.45, 2.75) is 37.8 Å². The Morgan fingerprint density at radius 2 is 2.00 bits per heavy atom. The zero-order valence-electron chi connectivity index (χ0n) is 12.6. The molecule has 0 spiro atoms. The smallest absolute Gasteiger partial charge is 0.322 e. The van der Waals surface area contributed by atoms with Crippen molar-refractivity contribution in [1.82, 2.24) is 9.03 Å². The highest BCUT2D eigenvalue weighted by atomic mass is 32.2. The number of hydrogen-bond donors (Lipinski definition) is 3. The summed E-state index contributed by atoms with van der Waals surface area (Å²) in [5, 5.41) is 18.6. The van der Waals surface area contributed by atoms with Gasteiger partial charge in [-0.3, -0.25) is 4.79 Å². The lowest BCUT2D eigenvalue weighted by molar-refractivity contribution is -0.138. The normalized spacial score (nSPS) is 25.6. The predicted molar refractivity (Wildman–Crippen MR) is 83.1 cm³/mol. The Morgan fingerprint density at radius 1 is 1.30 bits per heavy atom. The molecule has 8 heteroatoms. The summed E-state index contributed by atoms with van der Waals surface area (Å²) in [6.45, 7) is 0.478. The van der Waals surface area contributed by atoms with E-state index in [0.29, 0.717) is 18.0 Å². The SMILES string of the molecule is O=C(O)[C@@H](Cc1ccc(O)cc1)NS(=O)(=O)N1CC2CCC1C2. The monoisotopic (exact) mass is 340 g/mol. The summed E-state index contributed by atoms with van der Waals surface area (Å²) in [5.74, 6) is -0.739. The van der Waals surface area contributed by atoms with Gasteiger partial charge in [0.05, 0.1) is 0 Å². The van der Waals surface area contributed by atoms with Crippen molar-refractivity contribution in [3.8, 4) is 5.75 Å². The van der Waals surface area contributed by atoms with Crippen LogP contribution in [0.1, 0.15) is 24.8 Å². The quantitative estimate of drug-likeness (QED) is 0.707. The molecule has 1 aromatic carbocycles. The van der Waals surface area contributed by atoms with Crippen molar-refractivity contribution >= 4 is 16.2 Å². The van der Waals surface area contributed by atoms with Gasteiger partial charge in [0.2, 0.25) is 0 Å². The number of aromatic hydroxyl groups is 1. The van der Waals surface area contributed by atoms with E-state index >= 15 is 0 Å². The second-order valence-corrected chi connectivity index (χ2v) is 7.94. The van der Waals surface area contributed by atoms with E-state index in [1.807, 2.05) is 0 Å². The van der Waals surface area contributed by atoms with E-state index in [9.17, 15) is 23.4 Å². The van der Waals surface area contributed by atoms with Crippen molar-refractivity contribution in [2.75, 3.05) is 6.54 Å². The first-order chi connectivity index (χ1) is 10.8. The number of piperidine rings is 1. The van der Waals surface area contributed by atoms with E-state index in [-0.39, 0.29) is 18.2 Å². The Bertz CT molecular complexity index is 688. The Morgan fingerprint density at radius 3 is 2.52 bits per heavy atom. The number of phenols is 1. The van der Waals surface area contributed by atoms with Crippen LogP contribution in [-0.2, 0) is 21.4 Å². The minimum Gasteiger partial charge on any atom is -0.508 e. The third-order valence-electron chi connectivity index (χ3n) is 4.63. The minimum absolute atomic E-state index is 0.000572.